The van der Waals surface area contributed by atoms with Crippen LogP contribution in [0, 0.1) is 10.8 Å². The van der Waals surface area contributed by atoms with E-state index in [9.17, 15) is 0 Å². The first kappa shape index (κ1) is 24.3. The van der Waals surface area contributed by atoms with Gasteiger partial charge < -0.3 is 37.9 Å². The van der Waals surface area contributed by atoms with Crippen molar-refractivity contribution in [3.63, 3.8) is 0 Å². The summed E-state index contributed by atoms with van der Waals surface area (Å²) in [5.41, 5.74) is 0.146. The normalized spacial score (nSPS) is 29.2. The molecule has 8 heteroatoms. The van der Waals surface area contributed by atoms with Gasteiger partial charge in [-0.15, -0.1) is 0 Å². The molecule has 0 aromatic rings. The Kier molecular flexibility index (Phi) is 9.34. The van der Waals surface area contributed by atoms with E-state index in [4.69, 9.17) is 37.9 Å². The van der Waals surface area contributed by atoms with Crippen molar-refractivity contribution in [3.8, 4) is 0 Å². The summed E-state index contributed by atoms with van der Waals surface area (Å²) in [5, 5.41) is 0. The van der Waals surface area contributed by atoms with E-state index >= 15 is 0 Å². The maximum absolute atomic E-state index is 5.56. The second kappa shape index (κ2) is 11.5. The molecule has 0 aromatic carbocycles. The van der Waals surface area contributed by atoms with Gasteiger partial charge in [-0.1, -0.05) is 27.7 Å². The Bertz CT molecular complexity index is 398. The van der Waals surface area contributed by atoms with Crippen molar-refractivity contribution >= 4 is 0 Å². The van der Waals surface area contributed by atoms with E-state index in [2.05, 4.69) is 27.7 Å². The van der Waals surface area contributed by atoms with Crippen LogP contribution in [0.2, 0.25) is 0 Å². The van der Waals surface area contributed by atoms with Crippen molar-refractivity contribution in [3.05, 3.63) is 0 Å². The summed E-state index contributed by atoms with van der Waals surface area (Å²) in [6.07, 6.45) is 1.39. The van der Waals surface area contributed by atoms with Gasteiger partial charge in [0.2, 0.25) is 0 Å². The van der Waals surface area contributed by atoms with Crippen molar-refractivity contribution in [1.29, 1.82) is 0 Å². The zero-order chi connectivity index (χ0) is 21.5. The predicted octanol–water partition coefficient (Wildman–Crippen LogP) is 1.69. The van der Waals surface area contributed by atoms with Gasteiger partial charge in [-0.3, -0.25) is 0 Å². The molecule has 0 N–H and O–H groups in total. The second-order valence-electron chi connectivity index (χ2n) is 10.2. The minimum absolute atomic E-state index is 0.0732. The highest BCUT2D eigenvalue weighted by Gasteiger charge is 2.28. The Hall–Kier alpha value is -0.320. The molecule has 0 aromatic heterocycles. The van der Waals surface area contributed by atoms with Gasteiger partial charge in [0.05, 0.1) is 79.3 Å². The van der Waals surface area contributed by atoms with Gasteiger partial charge in [-0.25, -0.2) is 0 Å². The van der Waals surface area contributed by atoms with Crippen LogP contribution in [0.3, 0.4) is 0 Å². The number of hydrogen-bond donors (Lipinski definition) is 0. The highest BCUT2D eigenvalue weighted by atomic mass is 16.6. The first-order chi connectivity index (χ1) is 14.3. The maximum atomic E-state index is 5.56. The maximum Gasteiger partial charge on any atom is 0.104 e. The van der Waals surface area contributed by atoms with Gasteiger partial charge >= 0.3 is 0 Å². The highest BCUT2D eigenvalue weighted by Crippen LogP contribution is 2.20. The van der Waals surface area contributed by atoms with Crippen LogP contribution in [-0.4, -0.2) is 104 Å². The lowest BCUT2D eigenvalue weighted by Gasteiger charge is -2.23. The first-order valence-corrected chi connectivity index (χ1v) is 11.1. The molecule has 4 aliphatic rings. The molecule has 4 atom stereocenters. The molecule has 4 saturated heterocycles. The Balaban J connectivity index is 0.000000171. The number of rotatable bonds is 16. The fourth-order valence-electron chi connectivity index (χ4n) is 2.61. The van der Waals surface area contributed by atoms with Gasteiger partial charge in [-0.05, 0) is 0 Å². The first-order valence-electron chi connectivity index (χ1n) is 11.1. The van der Waals surface area contributed by atoms with Crippen molar-refractivity contribution in [1.82, 2.24) is 0 Å². The summed E-state index contributed by atoms with van der Waals surface area (Å²) in [5.74, 6) is 0. The molecule has 4 heterocycles. The molecule has 176 valence electrons. The van der Waals surface area contributed by atoms with Crippen molar-refractivity contribution < 1.29 is 37.9 Å². The topological polar surface area (TPSA) is 87.0 Å². The van der Waals surface area contributed by atoms with Crippen molar-refractivity contribution in [2.24, 2.45) is 10.8 Å². The van der Waals surface area contributed by atoms with E-state index < -0.39 is 0 Å². The lowest BCUT2D eigenvalue weighted by atomic mass is 9.96. The third-order valence-corrected chi connectivity index (χ3v) is 4.80. The summed E-state index contributed by atoms with van der Waals surface area (Å²) in [6.45, 7) is 17.8. The van der Waals surface area contributed by atoms with Crippen molar-refractivity contribution in [2.45, 2.75) is 52.1 Å². The third kappa shape index (κ3) is 12.5. The summed E-state index contributed by atoms with van der Waals surface area (Å²) in [6, 6.07) is 0. The van der Waals surface area contributed by atoms with E-state index in [1.54, 1.807) is 0 Å². The quantitative estimate of drug-likeness (QED) is 0.341. The van der Waals surface area contributed by atoms with Crippen LogP contribution in [0.4, 0.5) is 0 Å². The van der Waals surface area contributed by atoms with E-state index in [1.807, 2.05) is 0 Å². The van der Waals surface area contributed by atoms with Crippen LogP contribution in [0.5, 0.6) is 0 Å². The SMILES string of the molecule is CC(C)(COCC1CO1)COCC1CO1.CC(C)(COCC1CO1)COCC1CO1. The predicted molar refractivity (Wildman–Crippen MR) is 110 cm³/mol. The molecular weight excluding hydrogens is 392 g/mol. The molecule has 30 heavy (non-hydrogen) atoms. The number of ether oxygens (including phenoxy) is 8. The third-order valence-electron chi connectivity index (χ3n) is 4.80. The van der Waals surface area contributed by atoms with Crippen molar-refractivity contribution in [2.75, 3.05) is 79.3 Å². The Morgan fingerprint density at radius 1 is 0.500 bits per heavy atom. The Labute approximate surface area is 180 Å². The molecule has 4 aliphatic heterocycles. The zero-order valence-electron chi connectivity index (χ0n) is 19.1. The fourth-order valence-corrected chi connectivity index (χ4v) is 2.61. The van der Waals surface area contributed by atoms with E-state index in [0.29, 0.717) is 24.4 Å². The number of hydrogen-bond acceptors (Lipinski definition) is 8. The molecule has 4 rings (SSSR count). The highest BCUT2D eigenvalue weighted by molar-refractivity contribution is 4.74. The zero-order valence-corrected chi connectivity index (χ0v) is 19.1. The molecule has 0 bridgehead atoms. The largest absolute Gasteiger partial charge is 0.378 e. The van der Waals surface area contributed by atoms with Crippen LogP contribution < -0.4 is 0 Å². The summed E-state index contributed by atoms with van der Waals surface area (Å²) < 4.78 is 42.5. The molecule has 0 aliphatic carbocycles. The van der Waals surface area contributed by atoms with Crippen LogP contribution in [0.25, 0.3) is 0 Å². The van der Waals surface area contributed by atoms with E-state index in [0.717, 1.165) is 79.3 Å². The van der Waals surface area contributed by atoms with Gasteiger partial charge in [0.1, 0.15) is 24.4 Å². The molecule has 4 fully saturated rings. The lowest BCUT2D eigenvalue weighted by molar-refractivity contribution is -0.0102. The average Bonchev–Trinajstić information content (AvgIpc) is 3.51. The standard InChI is InChI=1S/2C11H20O4/c2*1-11(2,7-12-3-9-5-14-9)8-13-4-10-6-15-10/h2*9-10H,3-8H2,1-2H3. The summed E-state index contributed by atoms with van der Waals surface area (Å²) >= 11 is 0. The molecule has 0 spiro atoms. The van der Waals surface area contributed by atoms with E-state index in [-0.39, 0.29) is 10.8 Å². The minimum Gasteiger partial charge on any atom is -0.378 e. The molecular formula is C22H40O8. The van der Waals surface area contributed by atoms with Crippen LogP contribution in [-0.2, 0) is 37.9 Å². The molecule has 0 amide bonds. The molecule has 0 saturated carbocycles. The van der Waals surface area contributed by atoms with E-state index in [1.165, 1.54) is 0 Å². The van der Waals surface area contributed by atoms with Crippen LogP contribution in [0.15, 0.2) is 0 Å². The summed E-state index contributed by atoms with van der Waals surface area (Å²) in [4.78, 5) is 0. The molecule has 0 radical (unpaired) electrons. The second-order valence-corrected chi connectivity index (χ2v) is 10.2. The van der Waals surface area contributed by atoms with Crippen LogP contribution in [0.1, 0.15) is 27.7 Å². The average molecular weight is 433 g/mol. The monoisotopic (exact) mass is 432 g/mol. The van der Waals surface area contributed by atoms with Gasteiger partial charge in [0.15, 0.2) is 0 Å². The number of epoxide rings is 4. The minimum atomic E-state index is 0.0732. The van der Waals surface area contributed by atoms with Gasteiger partial charge in [0, 0.05) is 10.8 Å². The van der Waals surface area contributed by atoms with Crippen LogP contribution >= 0.6 is 0 Å². The van der Waals surface area contributed by atoms with Gasteiger partial charge in [-0.2, -0.15) is 0 Å². The smallest absolute Gasteiger partial charge is 0.104 e. The lowest BCUT2D eigenvalue weighted by Crippen LogP contribution is -2.27. The summed E-state index contributed by atoms with van der Waals surface area (Å²) in [7, 11) is 0. The Morgan fingerprint density at radius 3 is 0.867 bits per heavy atom. The fraction of sp³-hybridized carbons (Fsp3) is 1.00. The molecule has 8 nitrogen and oxygen atoms in total. The molecule has 4 unspecified atom stereocenters. The van der Waals surface area contributed by atoms with Gasteiger partial charge in [0.25, 0.3) is 0 Å². The Morgan fingerprint density at radius 2 is 0.700 bits per heavy atom.